The minimum absolute atomic E-state index is 0.0259. The number of hydrogen-bond acceptors (Lipinski definition) is 8. The van der Waals surface area contributed by atoms with Gasteiger partial charge in [-0.25, -0.2) is 16.8 Å². The van der Waals surface area contributed by atoms with Crippen LogP contribution in [0, 0.1) is 10.1 Å². The van der Waals surface area contributed by atoms with Crippen molar-refractivity contribution in [2.24, 2.45) is 0 Å². The Bertz CT molecular complexity index is 1590. The summed E-state index contributed by atoms with van der Waals surface area (Å²) < 4.78 is 60.9. The zero-order valence-corrected chi connectivity index (χ0v) is 23.2. The third-order valence-corrected chi connectivity index (χ3v) is 10.0. The number of anilines is 2. The molecule has 0 bridgehead atoms. The minimum Gasteiger partial charge on any atom is -0.495 e. The van der Waals surface area contributed by atoms with Crippen molar-refractivity contribution in [3.63, 3.8) is 0 Å². The number of rotatable bonds is 10. The van der Waals surface area contributed by atoms with Gasteiger partial charge in [-0.2, -0.15) is 4.31 Å². The highest BCUT2D eigenvalue weighted by Gasteiger charge is 2.29. The Labute approximate surface area is 232 Å². The van der Waals surface area contributed by atoms with Crippen LogP contribution in [0.5, 0.6) is 5.75 Å². The van der Waals surface area contributed by atoms with Gasteiger partial charge in [0.1, 0.15) is 12.3 Å². The van der Waals surface area contributed by atoms with E-state index in [4.69, 9.17) is 4.74 Å². The first-order valence-electron chi connectivity index (χ1n) is 12.3. The van der Waals surface area contributed by atoms with Gasteiger partial charge in [0.05, 0.1) is 33.2 Å². The molecule has 1 aliphatic heterocycles. The lowest BCUT2D eigenvalue weighted by atomic mass is 10.2. The SMILES string of the molecule is COc1ccc(S(=O)(=O)N2CCCCC2)cc1NC(=O)CN(c1ccc([N+](=O)[O-])cc1)S(=O)(=O)c1ccccc1. The van der Waals surface area contributed by atoms with Gasteiger partial charge >= 0.3 is 0 Å². The second kappa shape index (κ2) is 12.0. The van der Waals surface area contributed by atoms with Gasteiger partial charge in [-0.1, -0.05) is 24.6 Å². The maximum Gasteiger partial charge on any atom is 0.269 e. The van der Waals surface area contributed by atoms with Crippen LogP contribution in [0.25, 0.3) is 0 Å². The molecule has 1 saturated heterocycles. The molecule has 0 saturated carbocycles. The fraction of sp³-hybridized carbons (Fsp3) is 0.269. The molecule has 1 aliphatic rings. The van der Waals surface area contributed by atoms with Gasteiger partial charge in [-0.15, -0.1) is 0 Å². The van der Waals surface area contributed by atoms with Crippen LogP contribution < -0.4 is 14.4 Å². The van der Waals surface area contributed by atoms with Gasteiger partial charge in [0.25, 0.3) is 15.7 Å². The molecule has 212 valence electrons. The molecule has 0 unspecified atom stereocenters. The highest BCUT2D eigenvalue weighted by molar-refractivity contribution is 7.92. The molecule has 0 spiro atoms. The summed E-state index contributed by atoms with van der Waals surface area (Å²) in [5.41, 5.74) is -0.175. The average molecular weight is 589 g/mol. The van der Waals surface area contributed by atoms with Crippen LogP contribution in [0.2, 0.25) is 0 Å². The molecule has 1 heterocycles. The molecule has 0 atom stereocenters. The third-order valence-electron chi connectivity index (χ3n) is 6.36. The number of nitrogens with zero attached hydrogens (tertiary/aromatic N) is 3. The number of ether oxygens (including phenoxy) is 1. The molecule has 1 amide bonds. The number of sulfonamides is 2. The molecule has 3 aromatic carbocycles. The lowest BCUT2D eigenvalue weighted by Crippen LogP contribution is -2.38. The molecule has 1 N–H and O–H groups in total. The molecular weight excluding hydrogens is 560 g/mol. The Morgan fingerprint density at radius 3 is 2.20 bits per heavy atom. The predicted molar refractivity (Wildman–Crippen MR) is 148 cm³/mol. The Morgan fingerprint density at radius 1 is 0.950 bits per heavy atom. The highest BCUT2D eigenvalue weighted by Crippen LogP contribution is 2.31. The van der Waals surface area contributed by atoms with Crippen molar-refractivity contribution < 1.29 is 31.3 Å². The number of nitro groups is 1. The Morgan fingerprint density at radius 2 is 1.60 bits per heavy atom. The molecule has 3 aromatic rings. The summed E-state index contributed by atoms with van der Waals surface area (Å²) in [6.45, 7) is 0.0937. The monoisotopic (exact) mass is 588 g/mol. The molecule has 0 aliphatic carbocycles. The van der Waals surface area contributed by atoms with E-state index in [1.165, 1.54) is 66.0 Å². The summed E-state index contributed by atoms with van der Waals surface area (Å²) in [4.78, 5) is 23.6. The smallest absolute Gasteiger partial charge is 0.269 e. The van der Waals surface area contributed by atoms with E-state index >= 15 is 0 Å². The van der Waals surface area contributed by atoms with E-state index < -0.39 is 37.4 Å². The van der Waals surface area contributed by atoms with E-state index in [-0.39, 0.29) is 32.6 Å². The first-order valence-corrected chi connectivity index (χ1v) is 15.2. The van der Waals surface area contributed by atoms with Crippen LogP contribution in [-0.2, 0) is 24.8 Å². The lowest BCUT2D eigenvalue weighted by molar-refractivity contribution is -0.384. The topological polar surface area (TPSA) is 156 Å². The van der Waals surface area contributed by atoms with Gasteiger partial charge in [0.15, 0.2) is 0 Å². The standard InChI is InChI=1S/C26H28N4O8S2/c1-38-25-15-14-23(39(34,35)28-16-6-3-7-17-28)18-24(25)27-26(31)19-29(20-10-12-21(13-11-20)30(32)33)40(36,37)22-8-4-2-5-9-22/h2,4-5,8-15,18H,3,6-7,16-17,19H2,1H3,(H,27,31). The third kappa shape index (κ3) is 6.24. The van der Waals surface area contributed by atoms with Crippen molar-refractivity contribution in [3.8, 4) is 5.75 Å². The van der Waals surface area contributed by atoms with Gasteiger partial charge in [-0.05, 0) is 55.3 Å². The average Bonchev–Trinajstić information content (AvgIpc) is 2.96. The molecule has 4 rings (SSSR count). The van der Waals surface area contributed by atoms with E-state index in [2.05, 4.69) is 5.32 Å². The maximum absolute atomic E-state index is 13.5. The summed E-state index contributed by atoms with van der Waals surface area (Å²) >= 11 is 0. The van der Waals surface area contributed by atoms with Crippen LogP contribution in [0.15, 0.2) is 82.6 Å². The van der Waals surface area contributed by atoms with Gasteiger partial charge in [-0.3, -0.25) is 19.2 Å². The van der Waals surface area contributed by atoms with Crippen molar-refractivity contribution in [2.75, 3.05) is 36.4 Å². The summed E-state index contributed by atoms with van der Waals surface area (Å²) in [7, 11) is -6.73. The Kier molecular flexibility index (Phi) is 8.71. The molecule has 12 nitrogen and oxygen atoms in total. The number of carbonyl (C=O) groups excluding carboxylic acids is 1. The number of nitrogens with one attached hydrogen (secondary N) is 1. The molecule has 0 radical (unpaired) electrons. The van der Waals surface area contributed by atoms with Gasteiger partial charge in [0.2, 0.25) is 15.9 Å². The van der Waals surface area contributed by atoms with Crippen LogP contribution in [0.4, 0.5) is 17.1 Å². The second-order valence-electron chi connectivity index (χ2n) is 8.97. The van der Waals surface area contributed by atoms with Crippen LogP contribution in [-0.4, -0.2) is 58.7 Å². The number of methoxy groups -OCH3 is 1. The van der Waals surface area contributed by atoms with Crippen molar-refractivity contribution in [1.29, 1.82) is 0 Å². The second-order valence-corrected chi connectivity index (χ2v) is 12.8. The fourth-order valence-electron chi connectivity index (χ4n) is 4.30. The van der Waals surface area contributed by atoms with E-state index in [9.17, 15) is 31.7 Å². The minimum atomic E-state index is -4.27. The van der Waals surface area contributed by atoms with Crippen LogP contribution >= 0.6 is 0 Å². The molecule has 1 fully saturated rings. The Hall–Kier alpha value is -4.01. The summed E-state index contributed by atoms with van der Waals surface area (Å²) in [6.07, 6.45) is 2.47. The molecular formula is C26H28N4O8S2. The van der Waals surface area contributed by atoms with E-state index in [0.717, 1.165) is 35.7 Å². The highest BCUT2D eigenvalue weighted by atomic mass is 32.2. The van der Waals surface area contributed by atoms with Gasteiger partial charge in [0, 0.05) is 25.2 Å². The summed E-state index contributed by atoms with van der Waals surface area (Å²) in [5, 5.41) is 13.7. The normalized spacial score (nSPS) is 14.3. The number of amides is 1. The van der Waals surface area contributed by atoms with Crippen LogP contribution in [0.1, 0.15) is 19.3 Å². The fourth-order valence-corrected chi connectivity index (χ4v) is 7.28. The number of hydrogen-bond donors (Lipinski definition) is 1. The lowest BCUT2D eigenvalue weighted by Gasteiger charge is -2.26. The zero-order chi connectivity index (χ0) is 28.9. The van der Waals surface area contributed by atoms with Crippen molar-refractivity contribution in [3.05, 3.63) is 82.9 Å². The van der Waals surface area contributed by atoms with Crippen molar-refractivity contribution in [2.45, 2.75) is 29.1 Å². The number of benzene rings is 3. The zero-order valence-electron chi connectivity index (χ0n) is 21.6. The quantitative estimate of drug-likeness (QED) is 0.278. The molecule has 0 aromatic heterocycles. The first kappa shape index (κ1) is 29.0. The predicted octanol–water partition coefficient (Wildman–Crippen LogP) is 3.61. The number of nitro benzene ring substituents is 1. The first-order chi connectivity index (χ1) is 19.0. The number of carbonyl (C=O) groups is 1. The van der Waals surface area contributed by atoms with Crippen molar-refractivity contribution >= 4 is 43.0 Å². The summed E-state index contributed by atoms with van der Waals surface area (Å²) in [5.74, 6) is -0.609. The largest absolute Gasteiger partial charge is 0.495 e. The van der Waals surface area contributed by atoms with Crippen LogP contribution in [0.3, 0.4) is 0 Å². The van der Waals surface area contributed by atoms with Crippen molar-refractivity contribution in [1.82, 2.24) is 4.31 Å². The summed E-state index contributed by atoms with van der Waals surface area (Å²) in [6, 6.07) is 16.3. The number of non-ortho nitro benzene ring substituents is 1. The molecule has 14 heteroatoms. The van der Waals surface area contributed by atoms with E-state index in [1.807, 2.05) is 0 Å². The van der Waals surface area contributed by atoms with E-state index in [1.54, 1.807) is 6.07 Å². The number of piperidine rings is 1. The maximum atomic E-state index is 13.5. The van der Waals surface area contributed by atoms with Gasteiger partial charge < -0.3 is 10.1 Å². The van der Waals surface area contributed by atoms with E-state index in [0.29, 0.717) is 13.1 Å². The Balaban J connectivity index is 1.65. The molecule has 40 heavy (non-hydrogen) atoms.